The Morgan fingerprint density at radius 3 is 2.29 bits per heavy atom. The van der Waals surface area contributed by atoms with E-state index in [1.54, 1.807) is 0 Å². The number of rotatable bonds is 3. The van der Waals surface area contributed by atoms with Crippen molar-refractivity contribution in [2.45, 2.75) is 38.5 Å². The van der Waals surface area contributed by atoms with Gasteiger partial charge in [0.15, 0.2) is 5.84 Å². The van der Waals surface area contributed by atoms with Crippen molar-refractivity contribution in [3.05, 3.63) is 30.1 Å². The molecule has 1 saturated carbocycles. The average molecular weight is 293 g/mol. The van der Waals surface area contributed by atoms with E-state index in [1.807, 2.05) is 0 Å². The monoisotopic (exact) mass is 293 g/mol. The molecule has 0 atom stereocenters. The van der Waals surface area contributed by atoms with E-state index in [9.17, 15) is 9.18 Å². The molecular formula is C15H20FN3O2. The minimum absolute atomic E-state index is 0.0518. The SMILES string of the molecule is NC(=NO)C1(C(=O)Nc2ccc(F)cc2)CCCCCC1. The van der Waals surface area contributed by atoms with E-state index in [2.05, 4.69) is 10.5 Å². The lowest BCUT2D eigenvalue weighted by Gasteiger charge is -2.29. The topological polar surface area (TPSA) is 87.7 Å². The van der Waals surface area contributed by atoms with E-state index in [-0.39, 0.29) is 17.6 Å². The zero-order valence-corrected chi connectivity index (χ0v) is 11.8. The van der Waals surface area contributed by atoms with E-state index in [0.717, 1.165) is 25.7 Å². The number of benzene rings is 1. The molecule has 1 amide bonds. The lowest BCUT2D eigenvalue weighted by atomic mass is 9.78. The summed E-state index contributed by atoms with van der Waals surface area (Å²) in [7, 11) is 0. The second-order valence-corrected chi connectivity index (χ2v) is 5.44. The molecule has 1 aromatic rings. The van der Waals surface area contributed by atoms with Crippen LogP contribution in [0.2, 0.25) is 0 Å². The molecule has 1 aromatic carbocycles. The minimum Gasteiger partial charge on any atom is -0.409 e. The Kier molecular flexibility index (Phi) is 4.77. The summed E-state index contributed by atoms with van der Waals surface area (Å²) in [6, 6.07) is 5.53. The fraction of sp³-hybridized carbons (Fsp3) is 0.467. The molecule has 1 aliphatic rings. The van der Waals surface area contributed by atoms with Crippen molar-refractivity contribution >= 4 is 17.4 Å². The summed E-state index contributed by atoms with van der Waals surface area (Å²) < 4.78 is 12.9. The number of amidine groups is 1. The van der Waals surface area contributed by atoms with Crippen LogP contribution in [0, 0.1) is 11.2 Å². The van der Waals surface area contributed by atoms with Crippen LogP contribution in [0.5, 0.6) is 0 Å². The fourth-order valence-electron chi connectivity index (χ4n) is 2.81. The number of oxime groups is 1. The third kappa shape index (κ3) is 3.32. The van der Waals surface area contributed by atoms with Gasteiger partial charge in [-0.15, -0.1) is 0 Å². The smallest absolute Gasteiger partial charge is 0.238 e. The van der Waals surface area contributed by atoms with Gasteiger partial charge in [0.2, 0.25) is 5.91 Å². The first-order chi connectivity index (χ1) is 10.1. The van der Waals surface area contributed by atoms with Gasteiger partial charge >= 0.3 is 0 Å². The van der Waals surface area contributed by atoms with Crippen LogP contribution < -0.4 is 11.1 Å². The average Bonchev–Trinajstić information content (AvgIpc) is 2.75. The number of nitrogens with zero attached hydrogens (tertiary/aromatic N) is 1. The summed E-state index contributed by atoms with van der Waals surface area (Å²) in [4.78, 5) is 12.7. The van der Waals surface area contributed by atoms with Crippen LogP contribution in [-0.2, 0) is 4.79 Å². The highest BCUT2D eigenvalue weighted by atomic mass is 19.1. The van der Waals surface area contributed by atoms with Crippen molar-refractivity contribution < 1.29 is 14.4 Å². The van der Waals surface area contributed by atoms with Gasteiger partial charge < -0.3 is 16.3 Å². The van der Waals surface area contributed by atoms with Crippen molar-refractivity contribution in [1.82, 2.24) is 0 Å². The molecule has 0 spiro atoms. The van der Waals surface area contributed by atoms with Gasteiger partial charge in [-0.05, 0) is 37.1 Å². The number of halogens is 1. The number of amides is 1. The molecular weight excluding hydrogens is 273 g/mol. The molecule has 0 saturated heterocycles. The van der Waals surface area contributed by atoms with Gasteiger partial charge in [0.05, 0.1) is 0 Å². The van der Waals surface area contributed by atoms with E-state index in [4.69, 9.17) is 10.9 Å². The summed E-state index contributed by atoms with van der Waals surface area (Å²) in [5.74, 6) is -0.719. The Balaban J connectivity index is 2.23. The normalized spacial score (nSPS) is 18.8. The number of nitrogens with one attached hydrogen (secondary N) is 1. The van der Waals surface area contributed by atoms with Crippen molar-refractivity contribution in [3.8, 4) is 0 Å². The van der Waals surface area contributed by atoms with Gasteiger partial charge in [0.25, 0.3) is 0 Å². The maximum atomic E-state index is 12.9. The molecule has 0 radical (unpaired) electrons. The zero-order valence-electron chi connectivity index (χ0n) is 11.8. The quantitative estimate of drug-likeness (QED) is 0.263. The molecule has 1 fully saturated rings. The summed E-state index contributed by atoms with van der Waals surface area (Å²) in [5, 5.41) is 14.9. The van der Waals surface area contributed by atoms with Crippen molar-refractivity contribution in [2.75, 3.05) is 5.32 Å². The highest BCUT2D eigenvalue weighted by Crippen LogP contribution is 2.36. The number of carbonyl (C=O) groups excluding carboxylic acids is 1. The van der Waals surface area contributed by atoms with Crippen LogP contribution in [-0.4, -0.2) is 17.0 Å². The summed E-state index contributed by atoms with van der Waals surface area (Å²) in [6.45, 7) is 0. The molecule has 0 unspecified atom stereocenters. The zero-order chi connectivity index (χ0) is 15.3. The van der Waals surface area contributed by atoms with Crippen LogP contribution in [0.25, 0.3) is 0 Å². The molecule has 21 heavy (non-hydrogen) atoms. The summed E-state index contributed by atoms with van der Waals surface area (Å²) in [5.41, 5.74) is 5.32. The van der Waals surface area contributed by atoms with E-state index < -0.39 is 5.41 Å². The third-order valence-corrected chi connectivity index (χ3v) is 4.09. The molecule has 2 rings (SSSR count). The molecule has 0 bridgehead atoms. The van der Waals surface area contributed by atoms with Gasteiger partial charge in [-0.2, -0.15) is 0 Å². The molecule has 0 aliphatic heterocycles. The highest BCUT2D eigenvalue weighted by molar-refractivity contribution is 6.11. The second-order valence-electron chi connectivity index (χ2n) is 5.44. The highest BCUT2D eigenvalue weighted by Gasteiger charge is 2.43. The predicted octanol–water partition coefficient (Wildman–Crippen LogP) is 2.85. The largest absolute Gasteiger partial charge is 0.409 e. The van der Waals surface area contributed by atoms with Crippen molar-refractivity contribution in [1.29, 1.82) is 0 Å². The standard InChI is InChI=1S/C15H20FN3O2/c16-11-5-7-12(8-6-11)18-14(20)15(13(17)19-21)9-3-1-2-4-10-15/h5-8,21H,1-4,9-10H2,(H2,17,19)(H,18,20). The number of carbonyl (C=O) groups is 1. The van der Waals surface area contributed by atoms with E-state index >= 15 is 0 Å². The van der Waals surface area contributed by atoms with Crippen LogP contribution in [0.1, 0.15) is 38.5 Å². The van der Waals surface area contributed by atoms with Crippen LogP contribution in [0.4, 0.5) is 10.1 Å². The van der Waals surface area contributed by atoms with Crippen LogP contribution in [0.3, 0.4) is 0 Å². The van der Waals surface area contributed by atoms with Gasteiger partial charge in [-0.1, -0.05) is 30.8 Å². The molecule has 5 nitrogen and oxygen atoms in total. The molecule has 114 valence electrons. The Morgan fingerprint density at radius 1 is 1.19 bits per heavy atom. The molecule has 1 aliphatic carbocycles. The first-order valence-electron chi connectivity index (χ1n) is 7.13. The maximum absolute atomic E-state index is 12.9. The first-order valence-corrected chi connectivity index (χ1v) is 7.13. The Hall–Kier alpha value is -2.11. The van der Waals surface area contributed by atoms with Gasteiger partial charge in [0, 0.05) is 5.69 Å². The lowest BCUT2D eigenvalue weighted by Crippen LogP contribution is -2.46. The molecule has 0 heterocycles. The minimum atomic E-state index is -0.986. The van der Waals surface area contributed by atoms with Crippen LogP contribution in [0.15, 0.2) is 29.4 Å². The number of nitrogens with two attached hydrogens (primary N) is 1. The third-order valence-electron chi connectivity index (χ3n) is 4.09. The van der Waals surface area contributed by atoms with Gasteiger partial charge in [-0.25, -0.2) is 4.39 Å². The predicted molar refractivity (Wildman–Crippen MR) is 78.6 cm³/mol. The first kappa shape index (κ1) is 15.3. The van der Waals surface area contributed by atoms with Crippen molar-refractivity contribution in [2.24, 2.45) is 16.3 Å². The van der Waals surface area contributed by atoms with Gasteiger partial charge in [0.1, 0.15) is 11.2 Å². The maximum Gasteiger partial charge on any atom is 0.238 e. The number of hydrogen-bond donors (Lipinski definition) is 3. The summed E-state index contributed by atoms with van der Waals surface area (Å²) >= 11 is 0. The Labute approximate surface area is 123 Å². The Morgan fingerprint density at radius 2 is 1.76 bits per heavy atom. The number of anilines is 1. The second kappa shape index (κ2) is 6.56. The Bertz CT molecular complexity index is 520. The fourth-order valence-corrected chi connectivity index (χ4v) is 2.81. The molecule has 4 N–H and O–H groups in total. The van der Waals surface area contributed by atoms with Gasteiger partial charge in [-0.3, -0.25) is 4.79 Å². The molecule has 6 heteroatoms. The molecule has 0 aromatic heterocycles. The summed E-state index contributed by atoms with van der Waals surface area (Å²) in [6.07, 6.45) is 4.88. The van der Waals surface area contributed by atoms with E-state index in [1.165, 1.54) is 24.3 Å². The van der Waals surface area contributed by atoms with E-state index in [0.29, 0.717) is 18.5 Å². The van der Waals surface area contributed by atoms with Crippen molar-refractivity contribution in [3.63, 3.8) is 0 Å². The van der Waals surface area contributed by atoms with Crippen LogP contribution >= 0.6 is 0 Å². The number of hydrogen-bond acceptors (Lipinski definition) is 3. The lowest BCUT2D eigenvalue weighted by molar-refractivity contribution is -0.123.